The highest BCUT2D eigenvalue weighted by atomic mass is 19.1. The smallest absolute Gasteiger partial charge is 0.170 e. The van der Waals surface area contributed by atoms with Crippen molar-refractivity contribution in [2.24, 2.45) is 0 Å². The van der Waals surface area contributed by atoms with Crippen molar-refractivity contribution in [1.29, 1.82) is 0 Å². The Morgan fingerprint density at radius 1 is 1.11 bits per heavy atom. The van der Waals surface area contributed by atoms with E-state index in [0.717, 1.165) is 5.69 Å². The number of hydrogen-bond acceptors (Lipinski definition) is 2. The van der Waals surface area contributed by atoms with Crippen LogP contribution in [0.5, 0.6) is 5.75 Å². The fraction of sp³-hybridized carbons (Fsp3) is 0.200. The van der Waals surface area contributed by atoms with Gasteiger partial charge in [-0.1, -0.05) is 29.8 Å². The summed E-state index contributed by atoms with van der Waals surface area (Å²) >= 11 is 0. The number of benzene rings is 2. The average Bonchev–Trinajstić information content (AvgIpc) is 2.39. The molecule has 2 aromatic carbocycles. The molecule has 0 aromatic heterocycles. The standard InChI is InChI=1S/C15H16FNO/c1-11-6-8-13(9-7-11)17-10-12-4-3-5-14(18-2)15(12)16/h3-9,17H,10H2,1-2H3. The largest absolute Gasteiger partial charge is 0.494 e. The fourth-order valence-electron chi connectivity index (χ4n) is 1.72. The van der Waals surface area contributed by atoms with Crippen LogP contribution < -0.4 is 10.1 Å². The molecule has 2 rings (SSSR count). The second-order valence-electron chi connectivity index (χ2n) is 4.15. The molecule has 0 saturated heterocycles. The molecule has 2 nitrogen and oxygen atoms in total. The van der Waals surface area contributed by atoms with Crippen LogP contribution in [0.3, 0.4) is 0 Å². The summed E-state index contributed by atoms with van der Waals surface area (Å²) in [5.41, 5.74) is 2.77. The molecule has 18 heavy (non-hydrogen) atoms. The lowest BCUT2D eigenvalue weighted by atomic mass is 10.2. The minimum absolute atomic E-state index is 0.276. The lowest BCUT2D eigenvalue weighted by Gasteiger charge is -2.09. The Balaban J connectivity index is 2.08. The molecule has 0 unspecified atom stereocenters. The van der Waals surface area contributed by atoms with Crippen molar-refractivity contribution < 1.29 is 9.13 Å². The van der Waals surface area contributed by atoms with E-state index < -0.39 is 0 Å². The van der Waals surface area contributed by atoms with Crippen LogP contribution in [0.15, 0.2) is 42.5 Å². The van der Waals surface area contributed by atoms with Crippen LogP contribution in [-0.4, -0.2) is 7.11 Å². The molecule has 1 N–H and O–H groups in total. The third-order valence-electron chi connectivity index (χ3n) is 2.80. The summed E-state index contributed by atoms with van der Waals surface area (Å²) in [6, 6.07) is 13.1. The molecule has 0 bridgehead atoms. The van der Waals surface area contributed by atoms with Gasteiger partial charge in [0, 0.05) is 17.8 Å². The van der Waals surface area contributed by atoms with Gasteiger partial charge in [0.25, 0.3) is 0 Å². The number of nitrogens with one attached hydrogen (secondary N) is 1. The molecular formula is C15H16FNO. The second kappa shape index (κ2) is 5.54. The van der Waals surface area contributed by atoms with E-state index in [1.807, 2.05) is 31.2 Å². The fourth-order valence-corrected chi connectivity index (χ4v) is 1.72. The first-order valence-corrected chi connectivity index (χ1v) is 5.82. The maximum Gasteiger partial charge on any atom is 0.170 e. The Morgan fingerprint density at radius 2 is 1.83 bits per heavy atom. The molecule has 3 heteroatoms. The van der Waals surface area contributed by atoms with Crippen LogP contribution in [-0.2, 0) is 6.54 Å². The summed E-state index contributed by atoms with van der Waals surface area (Å²) in [7, 11) is 1.47. The summed E-state index contributed by atoms with van der Waals surface area (Å²) in [5, 5.41) is 3.18. The van der Waals surface area contributed by atoms with Gasteiger partial charge in [0.05, 0.1) is 7.11 Å². The number of anilines is 1. The van der Waals surface area contributed by atoms with E-state index in [1.165, 1.54) is 12.7 Å². The number of methoxy groups -OCH3 is 1. The van der Waals surface area contributed by atoms with Gasteiger partial charge in [-0.05, 0) is 25.1 Å². The van der Waals surface area contributed by atoms with Crippen molar-refractivity contribution in [1.82, 2.24) is 0 Å². The zero-order chi connectivity index (χ0) is 13.0. The Bertz CT molecular complexity index is 523. The minimum atomic E-state index is -0.306. The normalized spacial score (nSPS) is 10.2. The van der Waals surface area contributed by atoms with Crippen molar-refractivity contribution in [3.63, 3.8) is 0 Å². The second-order valence-corrected chi connectivity index (χ2v) is 4.15. The molecule has 0 radical (unpaired) electrons. The Labute approximate surface area is 106 Å². The van der Waals surface area contributed by atoms with Crippen molar-refractivity contribution in [3.8, 4) is 5.75 Å². The van der Waals surface area contributed by atoms with E-state index >= 15 is 0 Å². The number of ether oxygens (including phenoxy) is 1. The Hall–Kier alpha value is -2.03. The Kier molecular flexibility index (Phi) is 3.82. The highest BCUT2D eigenvalue weighted by Crippen LogP contribution is 2.21. The first kappa shape index (κ1) is 12.4. The first-order valence-electron chi connectivity index (χ1n) is 5.82. The summed E-state index contributed by atoms with van der Waals surface area (Å²) in [6.07, 6.45) is 0. The molecule has 0 aliphatic rings. The van der Waals surface area contributed by atoms with Gasteiger partial charge in [-0.25, -0.2) is 4.39 Å². The molecule has 0 heterocycles. The van der Waals surface area contributed by atoms with Gasteiger partial charge >= 0.3 is 0 Å². The van der Waals surface area contributed by atoms with Crippen molar-refractivity contribution >= 4 is 5.69 Å². The molecule has 0 fully saturated rings. The maximum atomic E-state index is 13.9. The van der Waals surface area contributed by atoms with E-state index in [1.54, 1.807) is 18.2 Å². The minimum Gasteiger partial charge on any atom is -0.494 e. The van der Waals surface area contributed by atoms with Gasteiger partial charge in [0.1, 0.15) is 0 Å². The van der Waals surface area contributed by atoms with Crippen LogP contribution in [0.1, 0.15) is 11.1 Å². The SMILES string of the molecule is COc1cccc(CNc2ccc(C)cc2)c1F. The first-order chi connectivity index (χ1) is 8.70. The summed E-state index contributed by atoms with van der Waals surface area (Å²) in [6.45, 7) is 2.47. The average molecular weight is 245 g/mol. The van der Waals surface area contributed by atoms with Crippen molar-refractivity contribution in [2.75, 3.05) is 12.4 Å². The highest BCUT2D eigenvalue weighted by molar-refractivity contribution is 5.45. The monoisotopic (exact) mass is 245 g/mol. The predicted molar refractivity (Wildman–Crippen MR) is 71.5 cm³/mol. The van der Waals surface area contributed by atoms with E-state index in [-0.39, 0.29) is 11.6 Å². The number of rotatable bonds is 4. The molecule has 0 saturated carbocycles. The lowest BCUT2D eigenvalue weighted by molar-refractivity contribution is 0.384. The zero-order valence-corrected chi connectivity index (χ0v) is 10.5. The van der Waals surface area contributed by atoms with Gasteiger partial charge in [0.2, 0.25) is 0 Å². The molecule has 0 amide bonds. The van der Waals surface area contributed by atoms with Crippen molar-refractivity contribution in [2.45, 2.75) is 13.5 Å². The van der Waals surface area contributed by atoms with Gasteiger partial charge in [-0.3, -0.25) is 0 Å². The third kappa shape index (κ3) is 2.80. The van der Waals surface area contributed by atoms with Crippen molar-refractivity contribution in [3.05, 3.63) is 59.4 Å². The number of aryl methyl sites for hydroxylation is 1. The maximum absolute atomic E-state index is 13.9. The van der Waals surface area contributed by atoms with E-state index in [9.17, 15) is 4.39 Å². The summed E-state index contributed by atoms with van der Waals surface area (Å²) < 4.78 is 18.8. The summed E-state index contributed by atoms with van der Waals surface area (Å²) in [4.78, 5) is 0. The van der Waals surface area contributed by atoms with Crippen LogP contribution in [0.4, 0.5) is 10.1 Å². The van der Waals surface area contributed by atoms with Gasteiger partial charge in [0.15, 0.2) is 11.6 Å². The number of hydrogen-bond donors (Lipinski definition) is 1. The van der Waals surface area contributed by atoms with Crippen LogP contribution >= 0.6 is 0 Å². The van der Waals surface area contributed by atoms with E-state index in [4.69, 9.17) is 4.74 Å². The van der Waals surface area contributed by atoms with E-state index in [2.05, 4.69) is 5.32 Å². The van der Waals surface area contributed by atoms with Gasteiger partial charge < -0.3 is 10.1 Å². The molecule has 0 spiro atoms. The van der Waals surface area contributed by atoms with E-state index in [0.29, 0.717) is 12.1 Å². The molecule has 2 aromatic rings. The highest BCUT2D eigenvalue weighted by Gasteiger charge is 2.07. The molecular weight excluding hydrogens is 229 g/mol. The number of halogens is 1. The van der Waals surface area contributed by atoms with Crippen LogP contribution in [0.25, 0.3) is 0 Å². The van der Waals surface area contributed by atoms with Crippen LogP contribution in [0, 0.1) is 12.7 Å². The molecule has 0 aliphatic carbocycles. The third-order valence-corrected chi connectivity index (χ3v) is 2.80. The zero-order valence-electron chi connectivity index (χ0n) is 10.5. The van der Waals surface area contributed by atoms with Crippen LogP contribution in [0.2, 0.25) is 0 Å². The summed E-state index contributed by atoms with van der Waals surface area (Å²) in [5.74, 6) is -0.0298. The lowest BCUT2D eigenvalue weighted by Crippen LogP contribution is -2.03. The predicted octanol–water partition coefficient (Wildman–Crippen LogP) is 3.75. The molecule has 0 atom stereocenters. The molecule has 0 aliphatic heterocycles. The Morgan fingerprint density at radius 3 is 2.50 bits per heavy atom. The van der Waals surface area contributed by atoms with Gasteiger partial charge in [-0.2, -0.15) is 0 Å². The topological polar surface area (TPSA) is 21.3 Å². The quantitative estimate of drug-likeness (QED) is 0.885. The van der Waals surface area contributed by atoms with Gasteiger partial charge in [-0.15, -0.1) is 0 Å². The molecule has 94 valence electrons.